The van der Waals surface area contributed by atoms with E-state index in [0.717, 1.165) is 25.7 Å². The molecule has 1 N–H and O–H groups in total. The van der Waals surface area contributed by atoms with E-state index in [-0.39, 0.29) is 23.9 Å². The molecule has 1 unspecified atom stereocenters. The van der Waals surface area contributed by atoms with Gasteiger partial charge in [0, 0.05) is 38.1 Å². The molecule has 138 valence electrons. The number of nitrogens with one attached hydrogen (secondary N) is 1. The number of likely N-dealkylation sites (tertiary alicyclic amines) is 1. The van der Waals surface area contributed by atoms with E-state index in [1.165, 1.54) is 12.8 Å². The Balaban J connectivity index is 1.69. The molecule has 2 aliphatic rings. The Morgan fingerprint density at radius 1 is 1.08 bits per heavy atom. The van der Waals surface area contributed by atoms with Crippen LogP contribution in [0.3, 0.4) is 0 Å². The molecule has 2 fully saturated rings. The highest BCUT2D eigenvalue weighted by Crippen LogP contribution is 2.20. The standard InChI is InChI=1S/C18H33N3O3/c1-3-4-5-6-15(2)19-18(23)21-9-7-16(8-10-21)17(22)20-11-13-24-14-12-20/h15-16H,3-14H2,1-2H3,(H,19,23). The van der Waals surface area contributed by atoms with Gasteiger partial charge < -0.3 is 19.9 Å². The second-order valence-corrected chi connectivity index (χ2v) is 7.05. The van der Waals surface area contributed by atoms with Crippen LogP contribution in [-0.4, -0.2) is 67.2 Å². The zero-order chi connectivity index (χ0) is 17.4. The smallest absolute Gasteiger partial charge is 0.317 e. The average molecular weight is 339 g/mol. The third-order valence-electron chi connectivity index (χ3n) is 5.06. The maximum atomic E-state index is 12.5. The summed E-state index contributed by atoms with van der Waals surface area (Å²) in [5.74, 6) is 0.306. The van der Waals surface area contributed by atoms with E-state index < -0.39 is 0 Å². The van der Waals surface area contributed by atoms with Crippen LogP contribution in [0.4, 0.5) is 4.79 Å². The summed E-state index contributed by atoms with van der Waals surface area (Å²) in [6.45, 7) is 8.30. The van der Waals surface area contributed by atoms with Crippen molar-refractivity contribution in [2.75, 3.05) is 39.4 Å². The van der Waals surface area contributed by atoms with Crippen molar-refractivity contribution in [2.24, 2.45) is 5.92 Å². The largest absolute Gasteiger partial charge is 0.378 e. The number of nitrogens with zero attached hydrogens (tertiary/aromatic N) is 2. The topological polar surface area (TPSA) is 61.9 Å². The lowest BCUT2D eigenvalue weighted by Crippen LogP contribution is -2.50. The highest BCUT2D eigenvalue weighted by molar-refractivity contribution is 5.80. The van der Waals surface area contributed by atoms with E-state index in [1.54, 1.807) is 0 Å². The van der Waals surface area contributed by atoms with Gasteiger partial charge in [0.2, 0.25) is 5.91 Å². The molecule has 0 radical (unpaired) electrons. The first kappa shape index (κ1) is 19.0. The number of rotatable bonds is 6. The van der Waals surface area contributed by atoms with Gasteiger partial charge in [0.1, 0.15) is 0 Å². The zero-order valence-corrected chi connectivity index (χ0v) is 15.3. The molecule has 2 aliphatic heterocycles. The third-order valence-corrected chi connectivity index (χ3v) is 5.06. The van der Waals surface area contributed by atoms with Crippen LogP contribution in [0.1, 0.15) is 52.4 Å². The minimum atomic E-state index is 0.0243. The van der Waals surface area contributed by atoms with Crippen LogP contribution in [-0.2, 0) is 9.53 Å². The first-order valence-electron chi connectivity index (χ1n) is 9.53. The second-order valence-electron chi connectivity index (χ2n) is 7.05. The van der Waals surface area contributed by atoms with Gasteiger partial charge in [-0.15, -0.1) is 0 Å². The van der Waals surface area contributed by atoms with Crippen LogP contribution in [0.2, 0.25) is 0 Å². The van der Waals surface area contributed by atoms with Crippen LogP contribution in [0.25, 0.3) is 0 Å². The lowest BCUT2D eigenvalue weighted by molar-refractivity contribution is -0.141. The van der Waals surface area contributed by atoms with Gasteiger partial charge in [-0.3, -0.25) is 4.79 Å². The maximum Gasteiger partial charge on any atom is 0.317 e. The summed E-state index contributed by atoms with van der Waals surface area (Å²) in [6.07, 6.45) is 6.15. The van der Waals surface area contributed by atoms with E-state index in [2.05, 4.69) is 19.2 Å². The number of unbranched alkanes of at least 4 members (excludes halogenated alkanes) is 2. The quantitative estimate of drug-likeness (QED) is 0.755. The number of urea groups is 1. The number of hydrogen-bond acceptors (Lipinski definition) is 3. The van der Waals surface area contributed by atoms with Crippen molar-refractivity contribution in [1.29, 1.82) is 0 Å². The number of ether oxygens (including phenoxy) is 1. The molecule has 0 saturated carbocycles. The number of morpholine rings is 1. The molecule has 2 rings (SSSR count). The second kappa shape index (κ2) is 9.87. The Hall–Kier alpha value is -1.30. The van der Waals surface area contributed by atoms with Crippen molar-refractivity contribution in [3.8, 4) is 0 Å². The van der Waals surface area contributed by atoms with E-state index in [0.29, 0.717) is 39.4 Å². The summed E-state index contributed by atoms with van der Waals surface area (Å²) >= 11 is 0. The van der Waals surface area contributed by atoms with E-state index in [1.807, 2.05) is 9.80 Å². The van der Waals surface area contributed by atoms with Crippen molar-refractivity contribution >= 4 is 11.9 Å². The van der Waals surface area contributed by atoms with Gasteiger partial charge >= 0.3 is 6.03 Å². The molecular formula is C18H33N3O3. The Morgan fingerprint density at radius 2 is 1.75 bits per heavy atom. The molecule has 0 aromatic rings. The van der Waals surface area contributed by atoms with E-state index in [9.17, 15) is 9.59 Å². The van der Waals surface area contributed by atoms with Crippen molar-refractivity contribution in [1.82, 2.24) is 15.1 Å². The van der Waals surface area contributed by atoms with Gasteiger partial charge in [-0.2, -0.15) is 0 Å². The number of piperidine rings is 1. The summed E-state index contributed by atoms with van der Waals surface area (Å²) in [5, 5.41) is 3.09. The predicted octanol–water partition coefficient (Wildman–Crippen LogP) is 2.24. The normalized spacial score (nSPS) is 20.8. The zero-order valence-electron chi connectivity index (χ0n) is 15.3. The molecule has 6 heteroatoms. The van der Waals surface area contributed by atoms with E-state index >= 15 is 0 Å². The van der Waals surface area contributed by atoms with Crippen LogP contribution in [0.15, 0.2) is 0 Å². The van der Waals surface area contributed by atoms with Crippen LogP contribution < -0.4 is 5.32 Å². The summed E-state index contributed by atoms with van der Waals surface area (Å²) in [4.78, 5) is 28.6. The van der Waals surface area contributed by atoms with Gasteiger partial charge in [0.15, 0.2) is 0 Å². The van der Waals surface area contributed by atoms with Crippen LogP contribution in [0.5, 0.6) is 0 Å². The highest BCUT2D eigenvalue weighted by atomic mass is 16.5. The number of hydrogen-bond donors (Lipinski definition) is 1. The third kappa shape index (κ3) is 5.65. The first-order chi connectivity index (χ1) is 11.6. The van der Waals surface area contributed by atoms with Gasteiger partial charge in [-0.05, 0) is 26.2 Å². The number of carbonyl (C=O) groups is 2. The lowest BCUT2D eigenvalue weighted by atomic mass is 9.95. The minimum absolute atomic E-state index is 0.0243. The molecular weight excluding hydrogens is 306 g/mol. The molecule has 2 heterocycles. The van der Waals surface area contributed by atoms with Gasteiger partial charge in [0.25, 0.3) is 0 Å². The molecule has 24 heavy (non-hydrogen) atoms. The summed E-state index contributed by atoms with van der Waals surface area (Å²) in [7, 11) is 0. The molecule has 2 saturated heterocycles. The minimum Gasteiger partial charge on any atom is -0.378 e. The van der Waals surface area contributed by atoms with Gasteiger partial charge in [-0.25, -0.2) is 4.79 Å². The molecule has 0 aromatic heterocycles. The molecule has 0 spiro atoms. The fraction of sp³-hybridized carbons (Fsp3) is 0.889. The van der Waals surface area contributed by atoms with Crippen LogP contribution in [0, 0.1) is 5.92 Å². The monoisotopic (exact) mass is 339 g/mol. The molecule has 1 atom stereocenters. The van der Waals surface area contributed by atoms with Crippen molar-refractivity contribution in [3.63, 3.8) is 0 Å². The Morgan fingerprint density at radius 3 is 2.38 bits per heavy atom. The Labute approximate surface area is 145 Å². The first-order valence-corrected chi connectivity index (χ1v) is 9.53. The van der Waals surface area contributed by atoms with Crippen LogP contribution >= 0.6 is 0 Å². The molecule has 6 nitrogen and oxygen atoms in total. The van der Waals surface area contributed by atoms with Crippen molar-refractivity contribution in [2.45, 2.75) is 58.4 Å². The molecule has 0 aromatic carbocycles. The summed E-state index contributed by atoms with van der Waals surface area (Å²) in [5.41, 5.74) is 0. The SMILES string of the molecule is CCCCCC(C)NC(=O)N1CCC(C(=O)N2CCOCC2)CC1. The maximum absolute atomic E-state index is 12.5. The molecule has 0 bridgehead atoms. The Kier molecular flexibility index (Phi) is 7.82. The van der Waals surface area contributed by atoms with Crippen molar-refractivity contribution < 1.29 is 14.3 Å². The average Bonchev–Trinajstić information content (AvgIpc) is 2.62. The molecule has 3 amide bonds. The number of amides is 3. The highest BCUT2D eigenvalue weighted by Gasteiger charge is 2.31. The van der Waals surface area contributed by atoms with Crippen molar-refractivity contribution in [3.05, 3.63) is 0 Å². The lowest BCUT2D eigenvalue weighted by Gasteiger charge is -2.35. The summed E-state index contributed by atoms with van der Waals surface area (Å²) in [6, 6.07) is 0.244. The number of carbonyl (C=O) groups excluding carboxylic acids is 2. The Bertz CT molecular complexity index is 402. The summed E-state index contributed by atoms with van der Waals surface area (Å²) < 4.78 is 5.30. The van der Waals surface area contributed by atoms with Gasteiger partial charge in [0.05, 0.1) is 13.2 Å². The fourth-order valence-electron chi connectivity index (χ4n) is 3.45. The fourth-order valence-corrected chi connectivity index (χ4v) is 3.45. The predicted molar refractivity (Wildman–Crippen MR) is 93.8 cm³/mol. The van der Waals surface area contributed by atoms with Gasteiger partial charge in [-0.1, -0.05) is 26.2 Å². The molecule has 0 aliphatic carbocycles. The van der Waals surface area contributed by atoms with E-state index in [4.69, 9.17) is 4.74 Å².